The molecule has 0 bridgehead atoms. The number of thioether (sulfide) groups is 1. The molecule has 1 aromatic heterocycles. The molecule has 0 amide bonds. The first-order valence-corrected chi connectivity index (χ1v) is 11.6. The third-order valence-corrected chi connectivity index (χ3v) is 6.04. The lowest BCUT2D eigenvalue weighted by Crippen LogP contribution is -2.12. The van der Waals surface area contributed by atoms with E-state index >= 15 is 0 Å². The van der Waals surface area contributed by atoms with E-state index in [0.29, 0.717) is 11.3 Å². The van der Waals surface area contributed by atoms with Crippen molar-refractivity contribution in [3.05, 3.63) is 59.8 Å². The van der Waals surface area contributed by atoms with E-state index in [4.69, 9.17) is 9.88 Å². The average Bonchev–Trinajstić information content (AvgIpc) is 3.05. The van der Waals surface area contributed by atoms with Crippen LogP contribution in [0.25, 0.3) is 16.9 Å². The lowest BCUT2D eigenvalue weighted by atomic mass is 10.1. The second kappa shape index (κ2) is 8.40. The van der Waals surface area contributed by atoms with Crippen molar-refractivity contribution in [3.8, 4) is 16.9 Å². The second-order valence-electron chi connectivity index (χ2n) is 6.22. The Bertz CT molecular complexity index is 1140. The number of nitrogens with two attached hydrogens (primary N) is 1. The predicted octanol–water partition coefficient (Wildman–Crippen LogP) is 3.39. The van der Waals surface area contributed by atoms with Gasteiger partial charge in [0.1, 0.15) is 0 Å². The number of aromatic nitrogens is 2. The van der Waals surface area contributed by atoms with Gasteiger partial charge < -0.3 is 4.74 Å². The van der Waals surface area contributed by atoms with Crippen molar-refractivity contribution >= 4 is 27.8 Å². The smallest absolute Gasteiger partial charge is 0.359 e. The number of carbonyl (C=O) groups is 1. The van der Waals surface area contributed by atoms with Gasteiger partial charge in [0.15, 0.2) is 5.69 Å². The molecule has 0 saturated carbocycles. The molecule has 0 saturated heterocycles. The Morgan fingerprint density at radius 3 is 2.28 bits per heavy atom. The van der Waals surface area contributed by atoms with Gasteiger partial charge in [-0.1, -0.05) is 12.1 Å². The van der Waals surface area contributed by atoms with Crippen molar-refractivity contribution in [3.63, 3.8) is 0 Å². The Hall–Kier alpha value is -2.62. The first-order valence-electron chi connectivity index (χ1n) is 8.80. The molecular weight excluding hydrogens is 410 g/mol. The Balaban J connectivity index is 2.18. The number of esters is 1. The van der Waals surface area contributed by atoms with E-state index in [1.54, 1.807) is 35.5 Å². The standard InChI is InChI=1S/C20H21N3O4S2/c1-4-27-20(24)18-13(2)19(14-5-9-16(28-3)10-6-14)23(22-18)15-7-11-17(12-8-15)29(21,25)26/h5-12H,4H2,1-3H3,(H2,21,25,26). The van der Waals surface area contributed by atoms with Crippen LogP contribution in [-0.2, 0) is 14.8 Å². The molecule has 0 radical (unpaired) electrons. The minimum absolute atomic E-state index is 0.00150. The van der Waals surface area contributed by atoms with Gasteiger partial charge in [0.05, 0.1) is 22.9 Å². The van der Waals surface area contributed by atoms with Crippen LogP contribution in [0.5, 0.6) is 0 Å². The molecule has 1 heterocycles. The van der Waals surface area contributed by atoms with Gasteiger partial charge in [0.2, 0.25) is 10.0 Å². The van der Waals surface area contributed by atoms with E-state index in [1.165, 1.54) is 12.1 Å². The molecule has 0 spiro atoms. The van der Waals surface area contributed by atoms with Gasteiger partial charge >= 0.3 is 5.97 Å². The van der Waals surface area contributed by atoms with Gasteiger partial charge in [-0.3, -0.25) is 0 Å². The highest BCUT2D eigenvalue weighted by molar-refractivity contribution is 7.98. The van der Waals surface area contributed by atoms with Crippen LogP contribution in [0, 0.1) is 6.92 Å². The molecule has 0 aliphatic carbocycles. The summed E-state index contributed by atoms with van der Waals surface area (Å²) in [7, 11) is -3.80. The van der Waals surface area contributed by atoms with Crippen LogP contribution < -0.4 is 5.14 Å². The number of benzene rings is 2. The fourth-order valence-corrected chi connectivity index (χ4v) is 3.86. The fourth-order valence-electron chi connectivity index (χ4n) is 2.94. The lowest BCUT2D eigenvalue weighted by molar-refractivity contribution is 0.0518. The zero-order valence-corrected chi connectivity index (χ0v) is 17.9. The summed E-state index contributed by atoms with van der Waals surface area (Å²) < 4.78 is 29.8. The zero-order valence-electron chi connectivity index (χ0n) is 16.2. The first kappa shape index (κ1) is 21.1. The van der Waals surface area contributed by atoms with Crippen molar-refractivity contribution in [2.24, 2.45) is 5.14 Å². The number of primary sulfonamides is 1. The van der Waals surface area contributed by atoms with Crippen LogP contribution in [-0.4, -0.2) is 37.0 Å². The second-order valence-corrected chi connectivity index (χ2v) is 8.66. The molecule has 3 rings (SSSR count). The number of rotatable bonds is 6. The van der Waals surface area contributed by atoms with Crippen molar-refractivity contribution in [2.75, 3.05) is 12.9 Å². The average molecular weight is 432 g/mol. The maximum absolute atomic E-state index is 12.4. The summed E-state index contributed by atoms with van der Waals surface area (Å²) >= 11 is 1.63. The maximum atomic E-state index is 12.4. The third-order valence-electron chi connectivity index (χ3n) is 4.36. The number of ether oxygens (including phenoxy) is 1. The number of sulfonamides is 1. The molecule has 2 N–H and O–H groups in total. The summed E-state index contributed by atoms with van der Waals surface area (Å²) in [5.41, 5.74) is 3.09. The molecule has 0 fully saturated rings. The summed E-state index contributed by atoms with van der Waals surface area (Å²) in [4.78, 5) is 13.5. The van der Waals surface area contributed by atoms with E-state index in [1.807, 2.05) is 37.4 Å². The summed E-state index contributed by atoms with van der Waals surface area (Å²) in [5.74, 6) is -0.508. The minimum Gasteiger partial charge on any atom is -0.461 e. The molecule has 0 aliphatic heterocycles. The normalized spacial score (nSPS) is 11.4. The fraction of sp³-hybridized carbons (Fsp3) is 0.200. The van der Waals surface area contributed by atoms with Crippen molar-refractivity contribution < 1.29 is 17.9 Å². The molecule has 2 aromatic carbocycles. The van der Waals surface area contributed by atoms with Crippen LogP contribution in [0.1, 0.15) is 23.0 Å². The van der Waals surface area contributed by atoms with Crippen LogP contribution in [0.4, 0.5) is 0 Å². The largest absolute Gasteiger partial charge is 0.461 e. The van der Waals surface area contributed by atoms with E-state index in [9.17, 15) is 13.2 Å². The number of hydrogen-bond acceptors (Lipinski definition) is 6. The molecule has 9 heteroatoms. The molecule has 0 aliphatic rings. The minimum atomic E-state index is -3.80. The number of nitrogens with zero attached hydrogens (tertiary/aromatic N) is 2. The van der Waals surface area contributed by atoms with E-state index in [-0.39, 0.29) is 17.2 Å². The number of hydrogen-bond donors (Lipinski definition) is 1. The van der Waals surface area contributed by atoms with Crippen LogP contribution in [0.15, 0.2) is 58.3 Å². The first-order chi connectivity index (χ1) is 13.8. The van der Waals surface area contributed by atoms with Crippen LogP contribution in [0.3, 0.4) is 0 Å². The SMILES string of the molecule is CCOC(=O)c1nn(-c2ccc(S(N)(=O)=O)cc2)c(-c2ccc(SC)cc2)c1C. The van der Waals surface area contributed by atoms with Crippen molar-refractivity contribution in [2.45, 2.75) is 23.6 Å². The maximum Gasteiger partial charge on any atom is 0.359 e. The van der Waals surface area contributed by atoms with Gasteiger partial charge in [-0.05, 0) is 56.5 Å². The van der Waals surface area contributed by atoms with Gasteiger partial charge in [-0.25, -0.2) is 23.0 Å². The highest BCUT2D eigenvalue weighted by Crippen LogP contribution is 2.30. The molecule has 3 aromatic rings. The Morgan fingerprint density at radius 2 is 1.76 bits per heavy atom. The summed E-state index contributed by atoms with van der Waals surface area (Å²) in [6, 6.07) is 13.9. The molecule has 7 nitrogen and oxygen atoms in total. The van der Waals surface area contributed by atoms with Gasteiger partial charge in [0.25, 0.3) is 0 Å². The van der Waals surface area contributed by atoms with Crippen molar-refractivity contribution in [1.29, 1.82) is 0 Å². The molecular formula is C20H21N3O4S2. The van der Waals surface area contributed by atoms with Crippen LogP contribution >= 0.6 is 11.8 Å². The Morgan fingerprint density at radius 1 is 1.14 bits per heavy atom. The van der Waals surface area contributed by atoms with Gasteiger partial charge in [-0.2, -0.15) is 5.10 Å². The van der Waals surface area contributed by atoms with E-state index in [0.717, 1.165) is 16.2 Å². The monoisotopic (exact) mass is 431 g/mol. The Labute approximate surface area is 173 Å². The predicted molar refractivity (Wildman–Crippen MR) is 113 cm³/mol. The van der Waals surface area contributed by atoms with Gasteiger partial charge in [0, 0.05) is 16.0 Å². The quantitative estimate of drug-likeness (QED) is 0.474. The molecule has 0 unspecified atom stereocenters. The summed E-state index contributed by atoms with van der Waals surface area (Å²) in [5, 5.41) is 9.65. The van der Waals surface area contributed by atoms with Gasteiger partial charge in [-0.15, -0.1) is 11.8 Å². The topological polar surface area (TPSA) is 104 Å². The van der Waals surface area contributed by atoms with Crippen molar-refractivity contribution in [1.82, 2.24) is 9.78 Å². The number of carbonyl (C=O) groups excluding carboxylic acids is 1. The highest BCUT2D eigenvalue weighted by atomic mass is 32.2. The lowest BCUT2D eigenvalue weighted by Gasteiger charge is -2.10. The van der Waals surface area contributed by atoms with E-state index in [2.05, 4.69) is 5.10 Å². The van der Waals surface area contributed by atoms with E-state index < -0.39 is 16.0 Å². The molecule has 152 valence electrons. The third kappa shape index (κ3) is 4.36. The molecule has 29 heavy (non-hydrogen) atoms. The highest BCUT2D eigenvalue weighted by Gasteiger charge is 2.23. The summed E-state index contributed by atoms with van der Waals surface area (Å²) in [6.07, 6.45) is 2.00. The zero-order chi connectivity index (χ0) is 21.2. The summed E-state index contributed by atoms with van der Waals surface area (Å²) in [6.45, 7) is 3.79. The van der Waals surface area contributed by atoms with Crippen LogP contribution in [0.2, 0.25) is 0 Å². The Kier molecular flexibility index (Phi) is 6.11. The molecule has 0 atom stereocenters.